The largest absolute Gasteiger partial charge is 0.309 e. The summed E-state index contributed by atoms with van der Waals surface area (Å²) >= 11 is 3.28. The minimum Gasteiger partial charge on any atom is -0.309 e. The van der Waals surface area contributed by atoms with Crippen LogP contribution in [0.5, 0.6) is 0 Å². The van der Waals surface area contributed by atoms with Gasteiger partial charge in [0.05, 0.1) is 23.3 Å². The van der Waals surface area contributed by atoms with E-state index in [1.54, 1.807) is 22.7 Å². The van der Waals surface area contributed by atoms with Gasteiger partial charge in [-0.2, -0.15) is 0 Å². The minimum atomic E-state index is -0.0190. The molecule has 1 N–H and O–H groups in total. The fourth-order valence-corrected chi connectivity index (χ4v) is 6.50. The highest BCUT2D eigenvalue weighted by atomic mass is 32.1. The van der Waals surface area contributed by atoms with Crippen LogP contribution in [-0.4, -0.2) is 55.3 Å². The van der Waals surface area contributed by atoms with Gasteiger partial charge in [-0.25, -0.2) is 9.97 Å². The second kappa shape index (κ2) is 8.74. The topological polar surface area (TPSA) is 69.5 Å². The highest BCUT2D eigenvalue weighted by Gasteiger charge is 2.22. The first-order valence-corrected chi connectivity index (χ1v) is 13.2. The van der Waals surface area contributed by atoms with Crippen molar-refractivity contribution in [2.45, 2.75) is 26.9 Å². The van der Waals surface area contributed by atoms with E-state index in [2.05, 4.69) is 55.0 Å². The van der Waals surface area contributed by atoms with Crippen molar-refractivity contribution in [2.75, 3.05) is 26.2 Å². The van der Waals surface area contributed by atoms with E-state index in [-0.39, 0.29) is 5.56 Å². The lowest BCUT2D eigenvalue weighted by atomic mass is 10.1. The molecule has 0 saturated carbocycles. The van der Waals surface area contributed by atoms with E-state index >= 15 is 0 Å². The Morgan fingerprint density at radius 2 is 1.74 bits per heavy atom. The van der Waals surface area contributed by atoms with E-state index in [1.807, 2.05) is 19.9 Å². The monoisotopic (exact) mass is 490 g/mol. The molecule has 0 radical (unpaired) electrons. The molecule has 9 heteroatoms. The number of fused-ring (bicyclic) bond motifs is 2. The fraction of sp³-hybridized carbons (Fsp3) is 0.320. The van der Waals surface area contributed by atoms with Crippen LogP contribution in [-0.2, 0) is 13.1 Å². The molecule has 5 heterocycles. The number of hydrogen-bond donors (Lipinski definition) is 1. The van der Waals surface area contributed by atoms with Gasteiger partial charge in [0.15, 0.2) is 4.96 Å². The van der Waals surface area contributed by atoms with Gasteiger partial charge in [0.1, 0.15) is 10.7 Å². The van der Waals surface area contributed by atoms with Gasteiger partial charge < -0.3 is 4.98 Å². The average Bonchev–Trinajstić information content (AvgIpc) is 3.50. The van der Waals surface area contributed by atoms with Crippen LogP contribution in [0.2, 0.25) is 0 Å². The smallest absolute Gasteiger partial charge is 0.259 e. The Morgan fingerprint density at radius 1 is 1.00 bits per heavy atom. The molecular formula is C25H26N6OS2. The molecule has 0 amide bonds. The van der Waals surface area contributed by atoms with Gasteiger partial charge in [0.2, 0.25) is 0 Å². The molecule has 7 nitrogen and oxygen atoms in total. The number of imidazole rings is 1. The summed E-state index contributed by atoms with van der Waals surface area (Å²) in [5.74, 6) is 0.759. The van der Waals surface area contributed by atoms with Crippen LogP contribution in [0.25, 0.3) is 26.4 Å². The zero-order valence-corrected chi connectivity index (χ0v) is 20.9. The van der Waals surface area contributed by atoms with Crippen LogP contribution in [0.15, 0.2) is 46.7 Å². The zero-order chi connectivity index (χ0) is 23.2. The second-order valence-corrected chi connectivity index (χ2v) is 10.9. The lowest BCUT2D eigenvalue weighted by Crippen LogP contribution is -2.45. The summed E-state index contributed by atoms with van der Waals surface area (Å²) in [5.41, 5.74) is 4.51. The summed E-state index contributed by atoms with van der Waals surface area (Å²) in [6.07, 6.45) is 2.12. The lowest BCUT2D eigenvalue weighted by molar-refractivity contribution is 0.119. The van der Waals surface area contributed by atoms with E-state index in [9.17, 15) is 4.79 Å². The fourth-order valence-electron chi connectivity index (χ4n) is 4.71. The molecule has 1 fully saturated rings. The summed E-state index contributed by atoms with van der Waals surface area (Å²) < 4.78 is 2.23. The number of nitrogens with zero attached hydrogens (tertiary/aromatic N) is 5. The van der Waals surface area contributed by atoms with E-state index in [4.69, 9.17) is 9.97 Å². The summed E-state index contributed by atoms with van der Waals surface area (Å²) in [4.78, 5) is 33.2. The van der Waals surface area contributed by atoms with Crippen molar-refractivity contribution >= 4 is 37.9 Å². The van der Waals surface area contributed by atoms with Crippen molar-refractivity contribution in [2.24, 2.45) is 0 Å². The Labute approximate surface area is 205 Å². The lowest BCUT2D eigenvalue weighted by Gasteiger charge is -2.34. The number of hydrogen-bond acceptors (Lipinski definition) is 7. The third-order valence-electron chi connectivity index (χ3n) is 6.71. The molecule has 6 rings (SSSR count). The van der Waals surface area contributed by atoms with E-state index < -0.39 is 0 Å². The molecule has 0 bridgehead atoms. The van der Waals surface area contributed by atoms with Gasteiger partial charge in [-0.15, -0.1) is 22.7 Å². The van der Waals surface area contributed by atoms with E-state index in [0.29, 0.717) is 6.54 Å². The predicted molar refractivity (Wildman–Crippen MR) is 139 cm³/mol. The summed E-state index contributed by atoms with van der Waals surface area (Å²) in [5, 5.41) is 2.84. The molecule has 0 atom stereocenters. The van der Waals surface area contributed by atoms with Gasteiger partial charge in [0, 0.05) is 54.7 Å². The van der Waals surface area contributed by atoms with Crippen molar-refractivity contribution < 1.29 is 0 Å². The van der Waals surface area contributed by atoms with Gasteiger partial charge in [-0.05, 0) is 19.4 Å². The van der Waals surface area contributed by atoms with Crippen LogP contribution in [0.3, 0.4) is 0 Å². The van der Waals surface area contributed by atoms with E-state index in [1.165, 1.54) is 5.69 Å². The molecule has 0 aliphatic carbocycles. The van der Waals surface area contributed by atoms with Gasteiger partial charge in [0.25, 0.3) is 5.56 Å². The molecule has 4 aromatic heterocycles. The predicted octanol–water partition coefficient (Wildman–Crippen LogP) is 4.30. The molecule has 34 heavy (non-hydrogen) atoms. The Hall–Kier alpha value is -2.85. The van der Waals surface area contributed by atoms with Crippen molar-refractivity contribution in [3.05, 3.63) is 74.2 Å². The first-order chi connectivity index (χ1) is 16.6. The first-order valence-electron chi connectivity index (χ1n) is 11.5. The molecule has 1 saturated heterocycles. The number of thiazole rings is 1. The first kappa shape index (κ1) is 21.7. The molecule has 0 unspecified atom stereocenters. The Kier molecular flexibility index (Phi) is 5.57. The second-order valence-electron chi connectivity index (χ2n) is 8.86. The maximum absolute atomic E-state index is 12.6. The highest BCUT2D eigenvalue weighted by molar-refractivity contribution is 7.18. The average molecular weight is 491 g/mol. The number of aryl methyl sites for hydroxylation is 2. The molecular weight excluding hydrogens is 464 g/mol. The molecule has 1 aliphatic rings. The normalized spacial score (nSPS) is 15.6. The minimum absolute atomic E-state index is 0.0190. The SMILES string of the molecule is Cc1sc2nc(CN3CCN(Cc4c(-c5ccccc5)nc5sccn45)CC3)[nH]c(=O)c2c1C. The van der Waals surface area contributed by atoms with Crippen molar-refractivity contribution in [1.82, 2.24) is 29.2 Å². The Bertz CT molecular complexity index is 1520. The van der Waals surface area contributed by atoms with Crippen molar-refractivity contribution in [3.8, 4) is 11.3 Å². The van der Waals surface area contributed by atoms with Crippen LogP contribution in [0.4, 0.5) is 0 Å². The molecule has 0 spiro atoms. The van der Waals surface area contributed by atoms with Gasteiger partial charge in [-0.3, -0.25) is 19.0 Å². The third-order valence-corrected chi connectivity index (χ3v) is 8.57. The number of nitrogens with one attached hydrogen (secondary N) is 1. The van der Waals surface area contributed by atoms with Gasteiger partial charge >= 0.3 is 0 Å². The molecule has 1 aromatic carbocycles. The quantitative estimate of drug-likeness (QED) is 0.398. The maximum atomic E-state index is 12.6. The van der Waals surface area contributed by atoms with Gasteiger partial charge in [-0.1, -0.05) is 30.3 Å². The highest BCUT2D eigenvalue weighted by Crippen LogP contribution is 2.28. The standard InChI is InChI=1S/C25H26N6OS2/c1-16-17(2)34-24-21(16)23(32)26-20(27-24)15-30-10-8-29(9-11-30)14-19-22(18-6-4-3-5-7-18)28-25-31(19)12-13-33-25/h3-7,12-13H,8-11,14-15H2,1-2H3,(H,26,27,32). The number of thiophene rings is 1. The summed E-state index contributed by atoms with van der Waals surface area (Å²) in [7, 11) is 0. The van der Waals surface area contributed by atoms with Crippen molar-refractivity contribution in [1.29, 1.82) is 0 Å². The van der Waals surface area contributed by atoms with Crippen LogP contribution in [0.1, 0.15) is 22.0 Å². The Morgan fingerprint density at radius 3 is 2.50 bits per heavy atom. The van der Waals surface area contributed by atoms with Crippen LogP contribution in [0, 0.1) is 13.8 Å². The third kappa shape index (κ3) is 3.88. The van der Waals surface area contributed by atoms with Crippen LogP contribution < -0.4 is 5.56 Å². The number of aromatic nitrogens is 4. The molecule has 1 aliphatic heterocycles. The van der Waals surface area contributed by atoms with E-state index in [0.717, 1.165) is 75.4 Å². The van der Waals surface area contributed by atoms with Crippen molar-refractivity contribution in [3.63, 3.8) is 0 Å². The Balaban J connectivity index is 1.16. The maximum Gasteiger partial charge on any atom is 0.259 e. The zero-order valence-electron chi connectivity index (χ0n) is 19.2. The number of H-pyrrole nitrogens is 1. The number of benzene rings is 1. The number of piperazine rings is 1. The number of rotatable bonds is 5. The number of aromatic amines is 1. The summed E-state index contributed by atoms with van der Waals surface area (Å²) in [6, 6.07) is 10.4. The summed E-state index contributed by atoms with van der Waals surface area (Å²) in [6.45, 7) is 9.40. The molecule has 174 valence electrons. The van der Waals surface area contributed by atoms with Crippen LogP contribution >= 0.6 is 22.7 Å². The molecule has 5 aromatic rings.